The third kappa shape index (κ3) is 4.46. The number of benzene rings is 1. The second-order valence-corrected chi connectivity index (χ2v) is 4.71. The topological polar surface area (TPSA) is 58.6 Å². The van der Waals surface area contributed by atoms with Gasteiger partial charge in [-0.1, -0.05) is 28.1 Å². The van der Waals surface area contributed by atoms with E-state index in [4.69, 9.17) is 9.84 Å². The van der Waals surface area contributed by atoms with Gasteiger partial charge < -0.3 is 9.84 Å². The molecular formula is C12H16BrNO3. The minimum Gasteiger partial charge on any atom is -0.480 e. The van der Waals surface area contributed by atoms with E-state index in [0.29, 0.717) is 0 Å². The van der Waals surface area contributed by atoms with Gasteiger partial charge in [0.15, 0.2) is 0 Å². The highest BCUT2D eigenvalue weighted by Crippen LogP contribution is 2.18. The maximum absolute atomic E-state index is 11.0. The highest BCUT2D eigenvalue weighted by atomic mass is 79.9. The fraction of sp³-hybridized carbons (Fsp3) is 0.417. The molecule has 0 amide bonds. The average Bonchev–Trinajstić information content (AvgIpc) is 2.28. The van der Waals surface area contributed by atoms with Gasteiger partial charge in [-0.3, -0.25) is 10.1 Å². The van der Waals surface area contributed by atoms with Crippen molar-refractivity contribution in [1.29, 1.82) is 0 Å². The first-order valence-electron chi connectivity index (χ1n) is 5.28. The van der Waals surface area contributed by atoms with Gasteiger partial charge in [-0.15, -0.1) is 0 Å². The molecular weight excluding hydrogens is 286 g/mol. The molecule has 0 radical (unpaired) electrons. The van der Waals surface area contributed by atoms with E-state index in [1.165, 1.54) is 7.11 Å². The first-order chi connectivity index (χ1) is 8.04. The number of hydrogen-bond acceptors (Lipinski definition) is 3. The van der Waals surface area contributed by atoms with Crippen LogP contribution in [0.3, 0.4) is 0 Å². The maximum Gasteiger partial charge on any atom is 0.323 e. The first kappa shape index (κ1) is 14.2. The van der Waals surface area contributed by atoms with Crippen LogP contribution in [0.2, 0.25) is 0 Å². The Morgan fingerprint density at radius 2 is 2.29 bits per heavy atom. The second kappa shape index (κ2) is 6.74. The van der Waals surface area contributed by atoms with Gasteiger partial charge in [-0.2, -0.15) is 0 Å². The molecule has 17 heavy (non-hydrogen) atoms. The van der Waals surface area contributed by atoms with Crippen LogP contribution in [0.5, 0.6) is 0 Å². The van der Waals surface area contributed by atoms with Crippen molar-refractivity contribution in [3.63, 3.8) is 0 Å². The quantitative estimate of drug-likeness (QED) is 0.846. The zero-order valence-corrected chi connectivity index (χ0v) is 11.4. The number of rotatable bonds is 6. The molecule has 2 N–H and O–H groups in total. The summed E-state index contributed by atoms with van der Waals surface area (Å²) in [6, 6.07) is 7.01. The van der Waals surface area contributed by atoms with Crippen LogP contribution in [0.1, 0.15) is 18.5 Å². The van der Waals surface area contributed by atoms with Crippen molar-refractivity contribution in [1.82, 2.24) is 5.32 Å². The van der Waals surface area contributed by atoms with Crippen molar-refractivity contribution in [2.24, 2.45) is 0 Å². The highest BCUT2D eigenvalue weighted by molar-refractivity contribution is 9.10. The van der Waals surface area contributed by atoms with E-state index < -0.39 is 12.0 Å². The Morgan fingerprint density at radius 1 is 1.59 bits per heavy atom. The van der Waals surface area contributed by atoms with Crippen molar-refractivity contribution in [2.75, 3.05) is 13.7 Å². The van der Waals surface area contributed by atoms with E-state index in [2.05, 4.69) is 21.2 Å². The van der Waals surface area contributed by atoms with Gasteiger partial charge in [0.25, 0.3) is 0 Å². The van der Waals surface area contributed by atoms with Gasteiger partial charge >= 0.3 is 5.97 Å². The molecule has 2 atom stereocenters. The van der Waals surface area contributed by atoms with Crippen molar-refractivity contribution >= 4 is 21.9 Å². The van der Waals surface area contributed by atoms with Crippen LogP contribution in [-0.2, 0) is 9.53 Å². The Morgan fingerprint density at radius 3 is 2.82 bits per heavy atom. The van der Waals surface area contributed by atoms with E-state index in [9.17, 15) is 4.79 Å². The molecule has 2 unspecified atom stereocenters. The van der Waals surface area contributed by atoms with Gasteiger partial charge in [0.05, 0.1) is 6.61 Å². The number of carbonyl (C=O) groups is 1. The lowest BCUT2D eigenvalue weighted by atomic mass is 10.1. The summed E-state index contributed by atoms with van der Waals surface area (Å²) in [6.45, 7) is 2.07. The number of ether oxygens (including phenoxy) is 1. The summed E-state index contributed by atoms with van der Waals surface area (Å²) in [5.41, 5.74) is 1.03. The summed E-state index contributed by atoms with van der Waals surface area (Å²) in [4.78, 5) is 11.0. The Labute approximate surface area is 109 Å². The van der Waals surface area contributed by atoms with Gasteiger partial charge in [-0.05, 0) is 24.6 Å². The Hall–Kier alpha value is -0.910. The van der Waals surface area contributed by atoms with Crippen molar-refractivity contribution in [2.45, 2.75) is 19.0 Å². The average molecular weight is 302 g/mol. The van der Waals surface area contributed by atoms with E-state index in [1.54, 1.807) is 0 Å². The predicted molar refractivity (Wildman–Crippen MR) is 69.0 cm³/mol. The SMILES string of the molecule is COCC(NC(C)c1cccc(Br)c1)C(=O)O. The zero-order valence-electron chi connectivity index (χ0n) is 9.81. The number of aliphatic carboxylic acids is 1. The van der Waals surface area contributed by atoms with Crippen LogP contribution in [-0.4, -0.2) is 30.8 Å². The summed E-state index contributed by atoms with van der Waals surface area (Å²) in [5, 5.41) is 12.0. The smallest absolute Gasteiger partial charge is 0.323 e. The Kier molecular flexibility index (Phi) is 5.61. The lowest BCUT2D eigenvalue weighted by Crippen LogP contribution is -2.41. The number of nitrogens with one attached hydrogen (secondary N) is 1. The molecule has 5 heteroatoms. The number of hydrogen-bond donors (Lipinski definition) is 2. The fourth-order valence-electron chi connectivity index (χ4n) is 1.53. The van der Waals surface area contributed by atoms with Crippen molar-refractivity contribution in [3.8, 4) is 0 Å². The summed E-state index contributed by atoms with van der Waals surface area (Å²) in [7, 11) is 1.49. The van der Waals surface area contributed by atoms with Gasteiger partial charge in [0, 0.05) is 17.6 Å². The molecule has 0 bridgehead atoms. The van der Waals surface area contributed by atoms with E-state index in [-0.39, 0.29) is 12.6 Å². The third-order valence-electron chi connectivity index (χ3n) is 2.43. The van der Waals surface area contributed by atoms with Crippen molar-refractivity contribution in [3.05, 3.63) is 34.3 Å². The molecule has 0 heterocycles. The highest BCUT2D eigenvalue weighted by Gasteiger charge is 2.19. The van der Waals surface area contributed by atoms with Crippen molar-refractivity contribution < 1.29 is 14.6 Å². The van der Waals surface area contributed by atoms with E-state index >= 15 is 0 Å². The molecule has 0 saturated carbocycles. The molecule has 0 fully saturated rings. The molecule has 0 aliphatic rings. The van der Waals surface area contributed by atoms with Crippen LogP contribution in [0, 0.1) is 0 Å². The van der Waals surface area contributed by atoms with Crippen LogP contribution in [0.25, 0.3) is 0 Å². The monoisotopic (exact) mass is 301 g/mol. The number of carboxylic acid groups (broad SMARTS) is 1. The molecule has 1 rings (SSSR count). The predicted octanol–water partition coefficient (Wildman–Crippen LogP) is 2.20. The van der Waals surface area contributed by atoms with Crippen LogP contribution in [0.15, 0.2) is 28.7 Å². The Balaban J connectivity index is 2.69. The molecule has 0 aromatic heterocycles. The van der Waals surface area contributed by atoms with Crippen LogP contribution in [0.4, 0.5) is 0 Å². The minimum atomic E-state index is -0.909. The first-order valence-corrected chi connectivity index (χ1v) is 6.07. The third-order valence-corrected chi connectivity index (χ3v) is 2.92. The number of halogens is 1. The molecule has 94 valence electrons. The minimum absolute atomic E-state index is 0.0521. The molecule has 4 nitrogen and oxygen atoms in total. The Bertz CT molecular complexity index is 384. The van der Waals surface area contributed by atoms with Gasteiger partial charge in [0.1, 0.15) is 6.04 Å². The van der Waals surface area contributed by atoms with Crippen LogP contribution < -0.4 is 5.32 Å². The maximum atomic E-state index is 11.0. The molecule has 1 aromatic carbocycles. The lowest BCUT2D eigenvalue weighted by Gasteiger charge is -2.20. The zero-order chi connectivity index (χ0) is 12.8. The molecule has 0 saturated heterocycles. The number of carboxylic acids is 1. The summed E-state index contributed by atoms with van der Waals surface area (Å²) >= 11 is 3.39. The largest absolute Gasteiger partial charge is 0.480 e. The normalized spacial score (nSPS) is 14.3. The standard InChI is InChI=1S/C12H16BrNO3/c1-8(9-4-3-5-10(13)6-9)14-11(7-17-2)12(15)16/h3-6,8,11,14H,7H2,1-2H3,(H,15,16). The van der Waals surface area contributed by atoms with E-state index in [1.807, 2.05) is 31.2 Å². The molecule has 0 aliphatic heterocycles. The summed E-state index contributed by atoms with van der Waals surface area (Å²) in [5.74, 6) is -0.909. The summed E-state index contributed by atoms with van der Waals surface area (Å²) in [6.07, 6.45) is 0. The van der Waals surface area contributed by atoms with Gasteiger partial charge in [-0.25, -0.2) is 0 Å². The van der Waals surface area contributed by atoms with Crippen LogP contribution >= 0.6 is 15.9 Å². The molecule has 1 aromatic rings. The fourth-order valence-corrected chi connectivity index (χ4v) is 1.95. The molecule has 0 spiro atoms. The number of methoxy groups -OCH3 is 1. The molecule has 0 aliphatic carbocycles. The van der Waals surface area contributed by atoms with Gasteiger partial charge in [0.2, 0.25) is 0 Å². The summed E-state index contributed by atoms with van der Waals surface area (Å²) < 4.78 is 5.85. The van der Waals surface area contributed by atoms with E-state index in [0.717, 1.165) is 10.0 Å². The second-order valence-electron chi connectivity index (χ2n) is 3.79. The lowest BCUT2D eigenvalue weighted by molar-refractivity contribution is -0.141.